The fraction of sp³-hybridized carbons (Fsp3) is 0.208. The smallest absolute Gasteiger partial charge is 0.255 e. The van der Waals surface area contributed by atoms with Gasteiger partial charge in [0.1, 0.15) is 17.4 Å². The summed E-state index contributed by atoms with van der Waals surface area (Å²) < 4.78 is 16.7. The lowest BCUT2D eigenvalue weighted by molar-refractivity contribution is 0.102. The van der Waals surface area contributed by atoms with Crippen LogP contribution < -0.4 is 19.5 Å². The summed E-state index contributed by atoms with van der Waals surface area (Å²) in [6.45, 7) is 4.31. The number of amides is 1. The van der Waals surface area contributed by atoms with Crippen LogP contribution in [0.4, 0.5) is 5.69 Å². The number of carbonyl (C=O) groups excluding carboxylic acids is 1. The molecule has 2 aromatic carbocycles. The normalized spacial score (nSPS) is 10.2. The lowest BCUT2D eigenvalue weighted by Crippen LogP contribution is -2.13. The highest BCUT2D eigenvalue weighted by Gasteiger charge is 2.17. The van der Waals surface area contributed by atoms with Gasteiger partial charge in [-0.3, -0.25) is 4.79 Å². The van der Waals surface area contributed by atoms with Gasteiger partial charge in [-0.1, -0.05) is 18.5 Å². The van der Waals surface area contributed by atoms with E-state index in [4.69, 9.17) is 25.8 Å². The largest absolute Gasteiger partial charge is 0.493 e. The molecular weight excluding hydrogens is 430 g/mol. The average Bonchev–Trinajstić information content (AvgIpc) is 2.79. The van der Waals surface area contributed by atoms with Crippen molar-refractivity contribution in [1.29, 1.82) is 5.26 Å². The number of methoxy groups -OCH3 is 1. The average molecular weight is 452 g/mol. The van der Waals surface area contributed by atoms with Gasteiger partial charge in [-0.2, -0.15) is 5.26 Å². The Hall–Kier alpha value is -3.76. The minimum absolute atomic E-state index is 0.221. The van der Waals surface area contributed by atoms with Crippen molar-refractivity contribution in [3.63, 3.8) is 0 Å². The molecule has 0 radical (unpaired) electrons. The molecule has 1 aromatic heterocycles. The van der Waals surface area contributed by atoms with Gasteiger partial charge in [0.15, 0.2) is 11.5 Å². The van der Waals surface area contributed by atoms with Crippen LogP contribution in [0.3, 0.4) is 0 Å². The summed E-state index contributed by atoms with van der Waals surface area (Å²) in [5.74, 6) is 1.17. The van der Waals surface area contributed by atoms with Crippen molar-refractivity contribution in [1.82, 2.24) is 4.98 Å². The number of nitrogens with one attached hydrogen (secondary N) is 1. The van der Waals surface area contributed by atoms with Crippen LogP contribution in [0.5, 0.6) is 23.1 Å². The monoisotopic (exact) mass is 451 g/mol. The van der Waals surface area contributed by atoms with Crippen LogP contribution in [0.25, 0.3) is 0 Å². The molecule has 0 spiro atoms. The maximum Gasteiger partial charge on any atom is 0.255 e. The Bertz CT molecular complexity index is 1170. The Balaban J connectivity index is 1.78. The van der Waals surface area contributed by atoms with E-state index in [0.29, 0.717) is 45.7 Å². The van der Waals surface area contributed by atoms with Crippen molar-refractivity contribution in [2.45, 2.75) is 20.3 Å². The Morgan fingerprint density at radius 2 is 2.06 bits per heavy atom. The van der Waals surface area contributed by atoms with Crippen molar-refractivity contribution in [2.75, 3.05) is 19.0 Å². The Morgan fingerprint density at radius 3 is 2.75 bits per heavy atom. The number of carbonyl (C=O) groups is 1. The number of halogens is 1. The first-order chi connectivity index (χ1) is 15.5. The molecule has 0 aliphatic carbocycles. The van der Waals surface area contributed by atoms with E-state index in [0.717, 1.165) is 12.0 Å². The summed E-state index contributed by atoms with van der Waals surface area (Å²) in [4.78, 5) is 16.9. The molecule has 0 bridgehead atoms. The molecule has 32 heavy (non-hydrogen) atoms. The lowest BCUT2D eigenvalue weighted by atomic mass is 10.1. The number of ether oxygens (including phenoxy) is 3. The molecule has 0 aliphatic heterocycles. The van der Waals surface area contributed by atoms with Crippen molar-refractivity contribution in [3.8, 4) is 29.2 Å². The molecule has 1 N–H and O–H groups in total. The first-order valence-corrected chi connectivity index (χ1v) is 10.3. The Labute approximate surface area is 191 Å². The molecule has 0 saturated carbocycles. The van der Waals surface area contributed by atoms with Crippen LogP contribution in [0.15, 0.2) is 48.7 Å². The third kappa shape index (κ3) is 5.29. The van der Waals surface area contributed by atoms with Crippen molar-refractivity contribution < 1.29 is 19.0 Å². The quantitative estimate of drug-likeness (QED) is 0.468. The molecule has 8 heteroatoms. The van der Waals surface area contributed by atoms with Gasteiger partial charge in [0.05, 0.1) is 18.7 Å². The van der Waals surface area contributed by atoms with Gasteiger partial charge >= 0.3 is 0 Å². The number of nitriles is 1. The third-order valence-electron chi connectivity index (χ3n) is 4.49. The molecule has 0 aliphatic rings. The lowest BCUT2D eigenvalue weighted by Gasteiger charge is -2.15. The van der Waals surface area contributed by atoms with E-state index >= 15 is 0 Å². The van der Waals surface area contributed by atoms with Gasteiger partial charge < -0.3 is 19.5 Å². The third-order valence-corrected chi connectivity index (χ3v) is 4.78. The molecular formula is C24H22ClN3O4. The van der Waals surface area contributed by atoms with E-state index in [1.54, 1.807) is 48.7 Å². The van der Waals surface area contributed by atoms with Gasteiger partial charge in [-0.05, 0) is 61.4 Å². The van der Waals surface area contributed by atoms with E-state index in [1.165, 1.54) is 7.11 Å². The highest BCUT2D eigenvalue weighted by atomic mass is 35.5. The predicted molar refractivity (Wildman–Crippen MR) is 122 cm³/mol. The van der Waals surface area contributed by atoms with Crippen LogP contribution in [0.2, 0.25) is 5.02 Å². The fourth-order valence-corrected chi connectivity index (χ4v) is 3.16. The zero-order valence-corrected chi connectivity index (χ0v) is 18.7. The second-order valence-corrected chi connectivity index (χ2v) is 7.25. The number of rotatable bonds is 8. The summed E-state index contributed by atoms with van der Waals surface area (Å²) >= 11 is 6.32. The second-order valence-electron chi connectivity index (χ2n) is 6.84. The van der Waals surface area contributed by atoms with Gasteiger partial charge in [0.2, 0.25) is 5.88 Å². The highest BCUT2D eigenvalue weighted by Crippen LogP contribution is 2.37. The molecule has 164 valence electrons. The van der Waals surface area contributed by atoms with Crippen molar-refractivity contribution in [2.24, 2.45) is 0 Å². The zero-order valence-electron chi connectivity index (χ0n) is 17.9. The first kappa shape index (κ1) is 22.9. The Kier molecular flexibility index (Phi) is 7.53. The molecule has 0 fully saturated rings. The standard InChI is InChI=1S/C24H22ClN3O4/c1-4-10-31-22-19(25)12-17(13-21(22)30-3)23(29)28-20-8-7-18(11-15(20)2)32-24-16(14-26)6-5-9-27-24/h5-9,11-13H,4,10H2,1-3H3,(H,28,29). The molecule has 3 rings (SSSR count). The van der Waals surface area contributed by atoms with Gasteiger partial charge in [-0.25, -0.2) is 4.98 Å². The van der Waals surface area contributed by atoms with Gasteiger partial charge in [0, 0.05) is 17.4 Å². The van der Waals surface area contributed by atoms with E-state index in [9.17, 15) is 10.1 Å². The topological polar surface area (TPSA) is 93.5 Å². The number of aromatic nitrogens is 1. The number of benzene rings is 2. The number of pyridine rings is 1. The van der Waals surface area contributed by atoms with Crippen LogP contribution in [-0.2, 0) is 0 Å². The minimum Gasteiger partial charge on any atom is -0.493 e. The summed E-state index contributed by atoms with van der Waals surface area (Å²) in [5.41, 5.74) is 2.04. The maximum atomic E-state index is 12.8. The molecule has 1 heterocycles. The second kappa shape index (κ2) is 10.5. The first-order valence-electron chi connectivity index (χ1n) is 9.92. The number of hydrogen-bond donors (Lipinski definition) is 1. The van der Waals surface area contributed by atoms with Crippen molar-refractivity contribution >= 4 is 23.2 Å². The summed E-state index contributed by atoms with van der Waals surface area (Å²) in [7, 11) is 1.49. The maximum absolute atomic E-state index is 12.8. The van der Waals surface area contributed by atoms with Crippen LogP contribution >= 0.6 is 11.6 Å². The predicted octanol–water partition coefficient (Wildman–Crippen LogP) is 5.76. The van der Waals surface area contributed by atoms with E-state index < -0.39 is 0 Å². The Morgan fingerprint density at radius 1 is 1.25 bits per heavy atom. The molecule has 0 saturated heterocycles. The van der Waals surface area contributed by atoms with E-state index in [-0.39, 0.29) is 11.8 Å². The number of aryl methyl sites for hydroxylation is 1. The summed E-state index contributed by atoms with van der Waals surface area (Å²) in [5, 5.41) is 12.3. The summed E-state index contributed by atoms with van der Waals surface area (Å²) in [6, 6.07) is 13.6. The minimum atomic E-state index is -0.347. The van der Waals surface area contributed by atoms with E-state index in [2.05, 4.69) is 10.3 Å². The van der Waals surface area contributed by atoms with E-state index in [1.807, 2.05) is 19.9 Å². The van der Waals surface area contributed by atoms with Crippen LogP contribution in [0, 0.1) is 18.3 Å². The van der Waals surface area contributed by atoms with Gasteiger partial charge in [-0.15, -0.1) is 0 Å². The van der Waals surface area contributed by atoms with Crippen LogP contribution in [-0.4, -0.2) is 24.6 Å². The highest BCUT2D eigenvalue weighted by molar-refractivity contribution is 6.32. The SMILES string of the molecule is CCCOc1c(Cl)cc(C(=O)Nc2ccc(Oc3ncccc3C#N)cc2C)cc1OC. The molecule has 0 atom stereocenters. The number of nitrogens with zero attached hydrogens (tertiary/aromatic N) is 2. The molecule has 3 aromatic rings. The molecule has 1 amide bonds. The van der Waals surface area contributed by atoms with Gasteiger partial charge in [0.25, 0.3) is 5.91 Å². The number of hydrogen-bond acceptors (Lipinski definition) is 6. The molecule has 7 nitrogen and oxygen atoms in total. The number of anilines is 1. The summed E-state index contributed by atoms with van der Waals surface area (Å²) in [6.07, 6.45) is 2.37. The van der Waals surface area contributed by atoms with Crippen molar-refractivity contribution in [3.05, 3.63) is 70.4 Å². The van der Waals surface area contributed by atoms with Crippen LogP contribution in [0.1, 0.15) is 34.8 Å². The zero-order chi connectivity index (χ0) is 23.1. The molecule has 0 unspecified atom stereocenters. The fourth-order valence-electron chi connectivity index (χ4n) is 2.90.